The number of halogens is 2. The van der Waals surface area contributed by atoms with Gasteiger partial charge in [-0.2, -0.15) is 0 Å². The highest BCUT2D eigenvalue weighted by Gasteiger charge is 2.63. The zero-order chi connectivity index (χ0) is 23.7. The van der Waals surface area contributed by atoms with E-state index in [1.54, 1.807) is 19.2 Å². The first kappa shape index (κ1) is 20.8. The van der Waals surface area contributed by atoms with E-state index in [1.807, 2.05) is 24.3 Å². The number of nitrogens with two attached hydrogens (primary N) is 1. The van der Waals surface area contributed by atoms with Crippen LogP contribution in [0, 0.1) is 23.6 Å². The van der Waals surface area contributed by atoms with Crippen LogP contribution in [0.15, 0.2) is 59.6 Å². The van der Waals surface area contributed by atoms with Crippen LogP contribution in [-0.2, 0) is 29.8 Å². The van der Waals surface area contributed by atoms with Crippen molar-refractivity contribution < 1.29 is 13.6 Å². The van der Waals surface area contributed by atoms with Gasteiger partial charge < -0.3 is 5.73 Å². The van der Waals surface area contributed by atoms with Crippen LogP contribution in [0.1, 0.15) is 28.7 Å². The molecule has 3 aromatic carbocycles. The summed E-state index contributed by atoms with van der Waals surface area (Å²) < 4.78 is 28.4. The minimum Gasteiger partial charge on any atom is -0.368 e. The van der Waals surface area contributed by atoms with Gasteiger partial charge in [-0.3, -0.25) is 0 Å². The fourth-order valence-electron chi connectivity index (χ4n) is 5.90. The van der Waals surface area contributed by atoms with Crippen LogP contribution in [0.2, 0.25) is 0 Å². The summed E-state index contributed by atoms with van der Waals surface area (Å²) in [5.41, 5.74) is 10.4. The van der Waals surface area contributed by atoms with Gasteiger partial charge in [0.1, 0.15) is 0 Å². The third-order valence-corrected chi connectivity index (χ3v) is 7.57. The van der Waals surface area contributed by atoms with Crippen molar-refractivity contribution in [2.24, 2.45) is 16.1 Å². The second kappa shape index (κ2) is 7.12. The molecule has 1 aliphatic heterocycles. The van der Waals surface area contributed by atoms with Gasteiger partial charge in [-0.15, -0.1) is 0 Å². The van der Waals surface area contributed by atoms with E-state index >= 15 is 0 Å². The Morgan fingerprint density at radius 3 is 2.59 bits per heavy atom. The van der Waals surface area contributed by atoms with Gasteiger partial charge in [0.05, 0.1) is 6.57 Å². The predicted octanol–water partition coefficient (Wildman–Crippen LogP) is 5.26. The molecule has 2 unspecified atom stereocenters. The largest absolute Gasteiger partial charge is 0.368 e. The molecule has 2 atom stereocenters. The Labute approximate surface area is 196 Å². The minimum atomic E-state index is -1.06. The second-order valence-corrected chi connectivity index (χ2v) is 9.37. The van der Waals surface area contributed by atoms with E-state index in [9.17, 15) is 8.78 Å². The molecule has 0 saturated heterocycles. The maximum atomic E-state index is 14.5. The Bertz CT molecular complexity index is 1430. The lowest BCUT2D eigenvalue weighted by atomic mass is 9.65. The summed E-state index contributed by atoms with van der Waals surface area (Å²) in [5, 5.41) is 1.49. The molecule has 2 N–H and O–H groups in total. The van der Waals surface area contributed by atoms with Crippen LogP contribution in [0.4, 0.5) is 14.5 Å². The van der Waals surface area contributed by atoms with Crippen molar-refractivity contribution in [3.05, 3.63) is 99.9 Å². The average molecular weight is 456 g/mol. The van der Waals surface area contributed by atoms with Gasteiger partial charge in [-0.1, -0.05) is 36.4 Å². The molecule has 3 aromatic rings. The number of benzene rings is 3. The summed E-state index contributed by atoms with van der Waals surface area (Å²) in [5.74, 6) is -1.29. The highest BCUT2D eigenvalue weighted by Crippen LogP contribution is 2.61. The molecule has 7 heteroatoms. The fraction of sp³-hybridized carbons (Fsp3) is 0.259. The second-order valence-electron chi connectivity index (χ2n) is 9.37. The highest BCUT2D eigenvalue weighted by molar-refractivity contribution is 5.79. The van der Waals surface area contributed by atoms with Crippen LogP contribution < -0.4 is 5.73 Å². The molecule has 0 saturated carbocycles. The Hall–Kier alpha value is -3.76. The molecular formula is C27H22F2N4O. The van der Waals surface area contributed by atoms with Crippen LogP contribution in [0.25, 0.3) is 16.0 Å². The molecule has 2 spiro atoms. The Morgan fingerprint density at radius 1 is 1.06 bits per heavy atom. The molecule has 0 amide bonds. The molecule has 170 valence electrons. The Morgan fingerprint density at radius 2 is 1.82 bits per heavy atom. The standard InChI is InChI=1S/C27H22F2N4O/c1-31-20-5-3-4-16(12-20)17-6-7-19-15-26(27(22(19)13-17)32-25(30)33(2)34-27)11-10-21-18(14-26)8-9-23(28)24(21)29/h3-9,12-13H,10-11,14-15H2,2H3,(H2,30,32). The molecule has 6 rings (SSSR count). The van der Waals surface area contributed by atoms with Crippen molar-refractivity contribution in [1.82, 2.24) is 5.06 Å². The maximum absolute atomic E-state index is 14.5. The summed E-state index contributed by atoms with van der Waals surface area (Å²) in [6.45, 7) is 7.34. The lowest BCUT2D eigenvalue weighted by molar-refractivity contribution is -0.224. The summed E-state index contributed by atoms with van der Waals surface area (Å²) in [6.07, 6.45) is 2.18. The van der Waals surface area contributed by atoms with E-state index in [0.29, 0.717) is 36.9 Å². The van der Waals surface area contributed by atoms with Crippen molar-refractivity contribution in [1.29, 1.82) is 0 Å². The number of guanidine groups is 1. The van der Waals surface area contributed by atoms with E-state index in [4.69, 9.17) is 22.1 Å². The molecule has 2 aliphatic carbocycles. The Balaban J connectivity index is 1.51. The van der Waals surface area contributed by atoms with Crippen LogP contribution in [0.3, 0.4) is 0 Å². The highest BCUT2D eigenvalue weighted by atomic mass is 19.2. The molecule has 34 heavy (non-hydrogen) atoms. The van der Waals surface area contributed by atoms with E-state index in [0.717, 1.165) is 27.8 Å². The quantitative estimate of drug-likeness (QED) is 0.509. The number of nitrogens with zero attached hydrogens (tertiary/aromatic N) is 3. The minimum absolute atomic E-state index is 0.281. The van der Waals surface area contributed by atoms with Gasteiger partial charge in [0, 0.05) is 18.0 Å². The summed E-state index contributed by atoms with van der Waals surface area (Å²) in [6, 6.07) is 16.6. The lowest BCUT2D eigenvalue weighted by Gasteiger charge is -2.44. The van der Waals surface area contributed by atoms with E-state index in [-0.39, 0.29) is 5.96 Å². The normalized spacial score (nSPS) is 24.8. The molecule has 0 fully saturated rings. The Kier molecular flexibility index (Phi) is 4.36. The van der Waals surface area contributed by atoms with Gasteiger partial charge in [-0.05, 0) is 71.7 Å². The van der Waals surface area contributed by atoms with Gasteiger partial charge in [0.15, 0.2) is 17.3 Å². The number of rotatable bonds is 1. The van der Waals surface area contributed by atoms with E-state index in [2.05, 4.69) is 17.0 Å². The molecular weight excluding hydrogens is 434 g/mol. The molecule has 0 bridgehead atoms. The first-order valence-electron chi connectivity index (χ1n) is 11.2. The van der Waals surface area contributed by atoms with Crippen molar-refractivity contribution in [2.45, 2.75) is 31.4 Å². The SMILES string of the molecule is [C-]#[N+]c1cccc(-c2ccc3c(c2)C2(N=C(N)N(C)O2)C2(CCc4c(ccc(F)c4F)C2)C3)c1. The molecule has 3 aliphatic rings. The number of fused-ring (bicyclic) bond motifs is 4. The number of aliphatic imine (C=N–C) groups is 1. The number of hydroxylamine groups is 2. The molecule has 5 nitrogen and oxygen atoms in total. The van der Waals surface area contributed by atoms with Crippen LogP contribution >= 0.6 is 0 Å². The monoisotopic (exact) mass is 456 g/mol. The van der Waals surface area contributed by atoms with Gasteiger partial charge in [0.2, 0.25) is 11.7 Å². The van der Waals surface area contributed by atoms with Crippen molar-refractivity contribution in [2.75, 3.05) is 7.05 Å². The molecule has 1 heterocycles. The maximum Gasteiger partial charge on any atom is 0.221 e. The average Bonchev–Trinajstić information content (AvgIpc) is 3.29. The molecule has 0 radical (unpaired) electrons. The number of hydrogen-bond donors (Lipinski definition) is 1. The zero-order valence-corrected chi connectivity index (χ0v) is 18.6. The number of hydrogen-bond acceptors (Lipinski definition) is 4. The first-order chi connectivity index (χ1) is 16.4. The van der Waals surface area contributed by atoms with Crippen LogP contribution in [-0.4, -0.2) is 18.1 Å². The first-order valence-corrected chi connectivity index (χ1v) is 11.2. The van der Waals surface area contributed by atoms with Gasteiger partial charge >= 0.3 is 0 Å². The zero-order valence-electron chi connectivity index (χ0n) is 18.6. The summed E-state index contributed by atoms with van der Waals surface area (Å²) in [4.78, 5) is 14.9. The smallest absolute Gasteiger partial charge is 0.221 e. The predicted molar refractivity (Wildman–Crippen MR) is 125 cm³/mol. The third-order valence-electron chi connectivity index (χ3n) is 7.57. The molecule has 0 aromatic heterocycles. The lowest BCUT2D eigenvalue weighted by Crippen LogP contribution is -2.47. The fourth-order valence-corrected chi connectivity index (χ4v) is 5.90. The van der Waals surface area contributed by atoms with E-state index < -0.39 is 22.8 Å². The summed E-state index contributed by atoms with van der Waals surface area (Å²) >= 11 is 0. The summed E-state index contributed by atoms with van der Waals surface area (Å²) in [7, 11) is 1.73. The van der Waals surface area contributed by atoms with Crippen molar-refractivity contribution >= 4 is 11.6 Å². The van der Waals surface area contributed by atoms with Gasteiger partial charge in [-0.25, -0.2) is 28.5 Å². The van der Waals surface area contributed by atoms with Crippen LogP contribution in [0.5, 0.6) is 0 Å². The third kappa shape index (κ3) is 2.75. The van der Waals surface area contributed by atoms with Crippen molar-refractivity contribution in [3.8, 4) is 11.1 Å². The van der Waals surface area contributed by atoms with Crippen molar-refractivity contribution in [3.63, 3.8) is 0 Å². The van der Waals surface area contributed by atoms with Gasteiger partial charge in [0.25, 0.3) is 0 Å². The topological polar surface area (TPSA) is 55.2 Å². The van der Waals surface area contributed by atoms with E-state index in [1.165, 1.54) is 11.1 Å².